The lowest BCUT2D eigenvalue weighted by Gasteiger charge is -1.90. The molecule has 3 nitrogen and oxygen atoms in total. The predicted octanol–water partition coefficient (Wildman–Crippen LogP) is 1.23. The van der Waals surface area contributed by atoms with Crippen LogP contribution >= 0.6 is 0 Å². The van der Waals surface area contributed by atoms with Crippen LogP contribution in [0.15, 0.2) is 30.0 Å². The van der Waals surface area contributed by atoms with E-state index in [4.69, 9.17) is 5.11 Å². The first-order valence-electron chi connectivity index (χ1n) is 3.51. The summed E-state index contributed by atoms with van der Waals surface area (Å²) in [5, 5.41) is 11.4. The number of aliphatic carboxylic acids is 1. The van der Waals surface area contributed by atoms with Gasteiger partial charge in [0.1, 0.15) is 5.69 Å². The third-order valence-corrected chi connectivity index (χ3v) is 1.66. The molecule has 0 aromatic heterocycles. The number of fused-ring (bicyclic) bond motifs is 1. The van der Waals surface area contributed by atoms with E-state index in [0.29, 0.717) is 0 Å². The smallest absolute Gasteiger partial charge is 0.432 e. The molecule has 12 heavy (non-hydrogen) atoms. The molecule has 0 unspecified atom stereocenters. The fourth-order valence-corrected chi connectivity index (χ4v) is 1.11. The van der Waals surface area contributed by atoms with Crippen molar-refractivity contribution >= 4 is 11.7 Å². The van der Waals surface area contributed by atoms with Gasteiger partial charge in [0.15, 0.2) is 5.56 Å². The highest BCUT2D eigenvalue weighted by atomic mass is 16.4. The second-order valence-electron chi connectivity index (χ2n) is 2.48. The van der Waals surface area contributed by atoms with E-state index < -0.39 is 5.97 Å². The zero-order chi connectivity index (χ0) is 8.55. The summed E-state index contributed by atoms with van der Waals surface area (Å²) in [7, 11) is 0. The van der Waals surface area contributed by atoms with E-state index in [1.807, 2.05) is 24.3 Å². The molecule has 0 bridgehead atoms. The Bertz CT molecular complexity index is 369. The third kappa shape index (κ3) is 0.929. The first-order chi connectivity index (χ1) is 5.77. The highest BCUT2D eigenvalue weighted by Crippen LogP contribution is 2.23. The van der Waals surface area contributed by atoms with Crippen LogP contribution in [-0.4, -0.2) is 11.1 Å². The standard InChI is InChI=1S/C9H5NO2/c11-9(12)8-5-6-3-1-2-4-7(6)10-8/h1-4,10H/p+1. The van der Waals surface area contributed by atoms with Gasteiger partial charge in [-0.3, -0.25) is 5.32 Å². The van der Waals surface area contributed by atoms with Gasteiger partial charge in [0.25, 0.3) is 5.70 Å². The van der Waals surface area contributed by atoms with Crippen LogP contribution in [0.5, 0.6) is 0 Å². The van der Waals surface area contributed by atoms with Crippen molar-refractivity contribution in [3.63, 3.8) is 0 Å². The van der Waals surface area contributed by atoms with E-state index in [0.717, 1.165) is 11.3 Å². The molecule has 2 N–H and O–H groups in total. The lowest BCUT2D eigenvalue weighted by molar-refractivity contribution is -0.132. The Kier molecular flexibility index (Phi) is 1.32. The first kappa shape index (κ1) is 6.83. The fraction of sp³-hybridized carbons (Fsp3) is 0. The summed E-state index contributed by atoms with van der Waals surface area (Å²) >= 11 is 0. The summed E-state index contributed by atoms with van der Waals surface area (Å²) in [5.41, 5.74) is 1.71. The lowest BCUT2D eigenvalue weighted by atomic mass is 10.2. The molecule has 0 radical (unpaired) electrons. The number of hydrogen-bond donors (Lipinski definition) is 2. The minimum absolute atomic E-state index is 0.108. The third-order valence-electron chi connectivity index (χ3n) is 1.66. The molecule has 1 aliphatic rings. The zero-order valence-electron chi connectivity index (χ0n) is 6.16. The van der Waals surface area contributed by atoms with Crippen molar-refractivity contribution in [1.82, 2.24) is 0 Å². The number of hydrogen-bond acceptors (Lipinski definition) is 2. The van der Waals surface area contributed by atoms with Crippen molar-refractivity contribution in [3.8, 4) is 0 Å². The molecule has 1 aliphatic heterocycles. The van der Waals surface area contributed by atoms with Crippen LogP contribution in [0.2, 0.25) is 0 Å². The van der Waals surface area contributed by atoms with Crippen molar-refractivity contribution in [1.29, 1.82) is 0 Å². The topological polar surface area (TPSA) is 49.3 Å². The van der Waals surface area contributed by atoms with E-state index in [2.05, 4.69) is 11.4 Å². The number of carboxylic acid groups (broad SMARTS) is 1. The van der Waals surface area contributed by atoms with Crippen LogP contribution < -0.4 is 5.32 Å². The largest absolute Gasteiger partial charge is 0.437 e. The van der Waals surface area contributed by atoms with Crippen molar-refractivity contribution < 1.29 is 9.90 Å². The molecule has 2 rings (SSSR count). The maximum Gasteiger partial charge on any atom is 0.437 e. The summed E-state index contributed by atoms with van der Waals surface area (Å²) in [5.74, 6) is -0.980. The van der Waals surface area contributed by atoms with E-state index in [-0.39, 0.29) is 5.70 Å². The van der Waals surface area contributed by atoms with Crippen LogP contribution in [0.25, 0.3) is 0 Å². The predicted molar refractivity (Wildman–Crippen MR) is 43.6 cm³/mol. The Morgan fingerprint density at radius 1 is 1.42 bits per heavy atom. The van der Waals surface area contributed by atoms with Crippen molar-refractivity contribution in [3.05, 3.63) is 41.6 Å². The zero-order valence-corrected chi connectivity index (χ0v) is 6.16. The van der Waals surface area contributed by atoms with E-state index >= 15 is 0 Å². The molecular formula is C9H6NO2+. The van der Waals surface area contributed by atoms with Gasteiger partial charge in [-0.15, -0.1) is 0 Å². The summed E-state index contributed by atoms with van der Waals surface area (Å²) in [4.78, 5) is 10.5. The first-order valence-corrected chi connectivity index (χ1v) is 3.51. The second-order valence-corrected chi connectivity index (χ2v) is 2.48. The highest BCUT2D eigenvalue weighted by Gasteiger charge is 2.25. The van der Waals surface area contributed by atoms with Crippen molar-refractivity contribution in [2.24, 2.45) is 0 Å². The molecule has 1 aromatic rings. The maximum absolute atomic E-state index is 10.5. The normalized spacial score (nSPS) is 12.5. The van der Waals surface area contributed by atoms with Gasteiger partial charge in [0.2, 0.25) is 0 Å². The average molecular weight is 160 g/mol. The van der Waals surface area contributed by atoms with Gasteiger partial charge in [-0.05, 0) is 12.1 Å². The minimum atomic E-state index is -0.980. The molecule has 58 valence electrons. The molecule has 1 heterocycles. The van der Waals surface area contributed by atoms with Crippen LogP contribution in [0.1, 0.15) is 5.56 Å². The van der Waals surface area contributed by atoms with Gasteiger partial charge in [-0.1, -0.05) is 0 Å². The number of carbonyl (C=O) groups is 1. The quantitative estimate of drug-likeness (QED) is 0.607. The number of benzene rings is 1. The van der Waals surface area contributed by atoms with Crippen LogP contribution in [0.3, 0.4) is 0 Å². The maximum atomic E-state index is 10.5. The highest BCUT2D eigenvalue weighted by molar-refractivity contribution is 5.93. The van der Waals surface area contributed by atoms with E-state index in [9.17, 15) is 4.79 Å². The van der Waals surface area contributed by atoms with Gasteiger partial charge < -0.3 is 5.11 Å². The summed E-state index contributed by atoms with van der Waals surface area (Å²) in [6.45, 7) is 0. The number of nitrogens with one attached hydrogen (secondary N) is 1. The van der Waals surface area contributed by atoms with Gasteiger partial charge in [0, 0.05) is 12.1 Å². The lowest BCUT2D eigenvalue weighted by Crippen LogP contribution is -2.06. The van der Waals surface area contributed by atoms with Crippen LogP contribution in [0.4, 0.5) is 5.69 Å². The number of anilines is 1. The minimum Gasteiger partial charge on any atom is -0.432 e. The monoisotopic (exact) mass is 160 g/mol. The number of para-hydroxylation sites is 1. The molecule has 0 atom stereocenters. The Hall–Kier alpha value is -1.86. The Morgan fingerprint density at radius 3 is 2.83 bits per heavy atom. The molecule has 0 saturated carbocycles. The van der Waals surface area contributed by atoms with Gasteiger partial charge in [-0.2, -0.15) is 4.79 Å². The van der Waals surface area contributed by atoms with Gasteiger partial charge >= 0.3 is 5.97 Å². The van der Waals surface area contributed by atoms with Gasteiger partial charge in [0.05, 0.1) is 6.08 Å². The molecule has 0 amide bonds. The van der Waals surface area contributed by atoms with E-state index in [1.165, 1.54) is 0 Å². The van der Waals surface area contributed by atoms with E-state index in [1.54, 1.807) is 0 Å². The van der Waals surface area contributed by atoms with Crippen molar-refractivity contribution in [2.45, 2.75) is 0 Å². The molecule has 0 fully saturated rings. The summed E-state index contributed by atoms with van der Waals surface area (Å²) < 4.78 is 0. The average Bonchev–Trinajstić information content (AvgIpc) is 2.46. The summed E-state index contributed by atoms with van der Waals surface area (Å²) in [6, 6.07) is 7.33. The molecule has 0 saturated heterocycles. The SMILES string of the molecule is O=C(O)C1=[C+]c2ccccc2N1. The van der Waals surface area contributed by atoms with Crippen LogP contribution in [-0.2, 0) is 4.79 Å². The molecule has 1 aromatic carbocycles. The van der Waals surface area contributed by atoms with Gasteiger partial charge in [-0.25, -0.2) is 0 Å². The Morgan fingerprint density at radius 2 is 2.17 bits per heavy atom. The second kappa shape index (κ2) is 2.32. The fourth-order valence-electron chi connectivity index (χ4n) is 1.11. The number of rotatable bonds is 1. The number of carboxylic acids is 1. The molecule has 0 spiro atoms. The van der Waals surface area contributed by atoms with Crippen molar-refractivity contribution in [2.75, 3.05) is 5.32 Å². The Labute approximate surface area is 69.3 Å². The van der Waals surface area contributed by atoms with Crippen LogP contribution in [0, 0.1) is 6.08 Å². The molecule has 0 aliphatic carbocycles. The summed E-state index contributed by atoms with van der Waals surface area (Å²) in [6.07, 6.45) is 2.74. The molecule has 3 heteroatoms. The Balaban J connectivity index is 2.41. The molecular weight excluding hydrogens is 154 g/mol.